The number of hydrogen-bond donors (Lipinski definition) is 0. The van der Waals surface area contributed by atoms with E-state index in [2.05, 4.69) is 114 Å². The maximum absolute atomic E-state index is 12.5. The van der Waals surface area contributed by atoms with E-state index >= 15 is 0 Å². The fraction of sp³-hybridized carbons (Fsp3) is 0.231. The summed E-state index contributed by atoms with van der Waals surface area (Å²) in [6.45, 7) is 19.2. The van der Waals surface area contributed by atoms with Crippen molar-refractivity contribution in [3.05, 3.63) is 143 Å². The summed E-state index contributed by atoms with van der Waals surface area (Å²) in [4.78, 5) is 25.1. The van der Waals surface area contributed by atoms with Crippen molar-refractivity contribution in [2.75, 3.05) is 0 Å². The van der Waals surface area contributed by atoms with Gasteiger partial charge in [0.15, 0.2) is 0 Å². The molecule has 0 bridgehead atoms. The average molecular weight is 571 g/mol. The molecule has 0 spiro atoms. The lowest BCUT2D eigenvalue weighted by molar-refractivity contribution is -0.131. The van der Waals surface area contributed by atoms with E-state index in [1.54, 1.807) is 13.8 Å². The molecule has 0 saturated heterocycles. The van der Waals surface area contributed by atoms with Gasteiger partial charge in [-0.15, -0.1) is 0 Å². The first kappa shape index (κ1) is 29.8. The third-order valence-electron chi connectivity index (χ3n) is 8.18. The zero-order valence-corrected chi connectivity index (χ0v) is 25.8. The Morgan fingerprint density at radius 1 is 0.605 bits per heavy atom. The molecule has 0 heterocycles. The van der Waals surface area contributed by atoms with Gasteiger partial charge in [0.1, 0.15) is 11.5 Å². The van der Waals surface area contributed by atoms with E-state index in [0.717, 1.165) is 22.3 Å². The van der Waals surface area contributed by atoms with Crippen LogP contribution in [0.25, 0.3) is 11.1 Å². The van der Waals surface area contributed by atoms with Crippen molar-refractivity contribution >= 4 is 11.9 Å². The van der Waals surface area contributed by atoms with Gasteiger partial charge in [-0.2, -0.15) is 0 Å². The topological polar surface area (TPSA) is 52.6 Å². The third-order valence-corrected chi connectivity index (χ3v) is 8.18. The molecule has 0 saturated carbocycles. The van der Waals surface area contributed by atoms with Gasteiger partial charge in [0.2, 0.25) is 0 Å². The Kier molecular flexibility index (Phi) is 7.98. The number of carbonyl (C=O) groups is 2. The Morgan fingerprint density at radius 2 is 0.977 bits per heavy atom. The van der Waals surface area contributed by atoms with E-state index in [1.165, 1.54) is 22.3 Å². The van der Waals surface area contributed by atoms with Crippen LogP contribution < -0.4 is 9.47 Å². The van der Waals surface area contributed by atoms with Gasteiger partial charge in [-0.25, -0.2) is 9.59 Å². The highest BCUT2D eigenvalue weighted by molar-refractivity contribution is 5.90. The first-order chi connectivity index (χ1) is 20.5. The Bertz CT molecular complexity index is 1640. The SMILES string of the molecule is C=C(C)C(=O)Oc1ccc(C2(c3ccc(OC(=O)C(=C)C)c(C(C)C)c3)c3ccccc3-c3ccccc32)cc1C(C)C. The Hall–Kier alpha value is -4.70. The van der Waals surface area contributed by atoms with Crippen LogP contribution in [0.3, 0.4) is 0 Å². The Morgan fingerprint density at radius 3 is 1.33 bits per heavy atom. The molecular weight excluding hydrogens is 532 g/mol. The molecule has 4 nitrogen and oxygen atoms in total. The summed E-state index contributed by atoms with van der Waals surface area (Å²) >= 11 is 0. The number of fused-ring (bicyclic) bond motifs is 3. The molecule has 0 aromatic heterocycles. The van der Waals surface area contributed by atoms with Crippen LogP contribution in [0.4, 0.5) is 0 Å². The van der Waals surface area contributed by atoms with Gasteiger partial charge in [0.25, 0.3) is 0 Å². The second-order valence-electron chi connectivity index (χ2n) is 12.0. The summed E-state index contributed by atoms with van der Waals surface area (Å²) in [5.41, 5.74) is 8.69. The lowest BCUT2D eigenvalue weighted by Crippen LogP contribution is -2.29. The molecule has 218 valence electrons. The van der Waals surface area contributed by atoms with E-state index in [9.17, 15) is 9.59 Å². The fourth-order valence-corrected chi connectivity index (χ4v) is 6.05. The van der Waals surface area contributed by atoms with Crippen LogP contribution in [0.5, 0.6) is 11.5 Å². The molecule has 43 heavy (non-hydrogen) atoms. The van der Waals surface area contributed by atoms with E-state index in [4.69, 9.17) is 9.47 Å². The Labute approximate surface area is 254 Å². The van der Waals surface area contributed by atoms with Crippen LogP contribution in [0, 0.1) is 0 Å². The normalized spacial score (nSPS) is 12.9. The van der Waals surface area contributed by atoms with Crippen molar-refractivity contribution in [3.8, 4) is 22.6 Å². The van der Waals surface area contributed by atoms with Crippen molar-refractivity contribution in [3.63, 3.8) is 0 Å². The summed E-state index contributed by atoms with van der Waals surface area (Å²) in [7, 11) is 0. The minimum Gasteiger partial charge on any atom is -0.423 e. The van der Waals surface area contributed by atoms with E-state index in [-0.39, 0.29) is 11.8 Å². The van der Waals surface area contributed by atoms with E-state index in [1.807, 2.05) is 12.1 Å². The van der Waals surface area contributed by atoms with Crippen molar-refractivity contribution in [2.45, 2.75) is 58.8 Å². The van der Waals surface area contributed by atoms with Gasteiger partial charge in [-0.05, 0) is 82.3 Å². The summed E-state index contributed by atoms with van der Waals surface area (Å²) in [5.74, 6) is 0.363. The van der Waals surface area contributed by atoms with Gasteiger partial charge in [0.05, 0.1) is 5.41 Å². The second kappa shape index (κ2) is 11.5. The molecule has 4 aromatic rings. The van der Waals surface area contributed by atoms with Crippen molar-refractivity contribution in [1.82, 2.24) is 0 Å². The molecule has 1 aliphatic rings. The lowest BCUT2D eigenvalue weighted by Gasteiger charge is -2.35. The number of esters is 2. The van der Waals surface area contributed by atoms with Crippen LogP contribution in [-0.4, -0.2) is 11.9 Å². The van der Waals surface area contributed by atoms with Crippen LogP contribution in [-0.2, 0) is 15.0 Å². The smallest absolute Gasteiger partial charge is 0.338 e. The van der Waals surface area contributed by atoms with E-state index in [0.29, 0.717) is 22.6 Å². The third kappa shape index (κ3) is 5.12. The molecule has 0 unspecified atom stereocenters. The Balaban J connectivity index is 1.83. The van der Waals surface area contributed by atoms with Crippen molar-refractivity contribution < 1.29 is 19.1 Å². The molecule has 0 N–H and O–H groups in total. The number of ether oxygens (including phenoxy) is 2. The second-order valence-corrected chi connectivity index (χ2v) is 12.0. The first-order valence-corrected chi connectivity index (χ1v) is 14.7. The molecule has 0 radical (unpaired) electrons. The summed E-state index contributed by atoms with van der Waals surface area (Å²) in [6, 6.07) is 29.4. The van der Waals surface area contributed by atoms with Gasteiger partial charge >= 0.3 is 11.9 Å². The average Bonchev–Trinajstić information content (AvgIpc) is 3.28. The van der Waals surface area contributed by atoms with Crippen LogP contribution in [0.2, 0.25) is 0 Å². The minimum atomic E-state index is -0.672. The predicted octanol–water partition coefficient (Wildman–Crippen LogP) is 9.26. The maximum Gasteiger partial charge on any atom is 0.338 e. The minimum absolute atomic E-state index is 0.0898. The van der Waals surface area contributed by atoms with Crippen molar-refractivity contribution in [1.29, 1.82) is 0 Å². The highest BCUT2D eigenvalue weighted by Crippen LogP contribution is 2.57. The van der Waals surface area contributed by atoms with Crippen LogP contribution >= 0.6 is 0 Å². The maximum atomic E-state index is 12.5. The predicted molar refractivity (Wildman–Crippen MR) is 173 cm³/mol. The molecule has 0 amide bonds. The molecule has 4 heteroatoms. The summed E-state index contributed by atoms with van der Waals surface area (Å²) < 4.78 is 11.6. The van der Waals surface area contributed by atoms with Gasteiger partial charge in [-0.1, -0.05) is 114 Å². The first-order valence-electron chi connectivity index (χ1n) is 14.7. The quantitative estimate of drug-likeness (QED) is 0.106. The lowest BCUT2D eigenvalue weighted by atomic mass is 9.66. The highest BCUT2D eigenvalue weighted by atomic mass is 16.5. The van der Waals surface area contributed by atoms with Crippen LogP contribution in [0.1, 0.15) is 86.8 Å². The fourth-order valence-electron chi connectivity index (χ4n) is 6.05. The zero-order chi connectivity index (χ0) is 31.1. The molecule has 4 aromatic carbocycles. The zero-order valence-electron chi connectivity index (χ0n) is 25.8. The molecule has 1 aliphatic carbocycles. The summed E-state index contributed by atoms with van der Waals surface area (Å²) in [6.07, 6.45) is 0. The summed E-state index contributed by atoms with van der Waals surface area (Å²) in [5, 5.41) is 0. The number of rotatable bonds is 8. The molecule has 5 rings (SSSR count). The van der Waals surface area contributed by atoms with Gasteiger partial charge < -0.3 is 9.47 Å². The van der Waals surface area contributed by atoms with Gasteiger partial charge in [-0.3, -0.25) is 0 Å². The van der Waals surface area contributed by atoms with Gasteiger partial charge in [0, 0.05) is 11.1 Å². The largest absolute Gasteiger partial charge is 0.423 e. The van der Waals surface area contributed by atoms with Crippen LogP contribution in [0.15, 0.2) is 109 Å². The number of hydrogen-bond acceptors (Lipinski definition) is 4. The number of carbonyl (C=O) groups excluding carboxylic acids is 2. The number of benzene rings is 4. The van der Waals surface area contributed by atoms with E-state index < -0.39 is 17.4 Å². The highest BCUT2D eigenvalue weighted by Gasteiger charge is 2.46. The monoisotopic (exact) mass is 570 g/mol. The molecular formula is C39H38O4. The van der Waals surface area contributed by atoms with Crippen molar-refractivity contribution in [2.24, 2.45) is 0 Å². The molecule has 0 aliphatic heterocycles. The molecule has 0 atom stereocenters. The molecule has 0 fully saturated rings. The standard InChI is InChI=1S/C39H38O4/c1-23(2)31-21-27(17-19-35(31)42-37(40)25(5)6)39(33-15-11-9-13-29(33)30-14-10-12-16-34(30)39)28-18-20-36(32(22-28)24(3)4)43-38(41)26(7)8/h9-24H,5,7H2,1-4,6,8H3.